The summed E-state index contributed by atoms with van der Waals surface area (Å²) in [7, 11) is -3.45. The predicted octanol–water partition coefficient (Wildman–Crippen LogP) is 2.37. The van der Waals surface area contributed by atoms with E-state index in [9.17, 15) is 13.2 Å². The maximum Gasteiger partial charge on any atom is 0.282 e. The van der Waals surface area contributed by atoms with Gasteiger partial charge in [0, 0.05) is 32.1 Å². The lowest BCUT2D eigenvalue weighted by atomic mass is 10.1. The van der Waals surface area contributed by atoms with E-state index in [0.717, 1.165) is 12.8 Å². The van der Waals surface area contributed by atoms with E-state index in [1.807, 2.05) is 25.3 Å². The molecule has 0 spiro atoms. The Morgan fingerprint density at radius 1 is 1.43 bits per heavy atom. The van der Waals surface area contributed by atoms with Crippen LogP contribution < -0.4 is 0 Å². The smallest absolute Gasteiger partial charge is 0.282 e. The van der Waals surface area contributed by atoms with Crippen LogP contribution in [0.15, 0.2) is 17.5 Å². The molecule has 0 amide bonds. The van der Waals surface area contributed by atoms with E-state index >= 15 is 0 Å². The van der Waals surface area contributed by atoms with Gasteiger partial charge in [-0.15, -0.1) is 11.3 Å². The molecule has 0 aliphatic carbocycles. The van der Waals surface area contributed by atoms with Gasteiger partial charge in [-0.05, 0) is 24.3 Å². The summed E-state index contributed by atoms with van der Waals surface area (Å²) in [5.41, 5.74) is 0. The van der Waals surface area contributed by atoms with Crippen molar-refractivity contribution in [3.05, 3.63) is 22.4 Å². The van der Waals surface area contributed by atoms with Crippen molar-refractivity contribution < 1.29 is 13.2 Å². The number of thiophene rings is 1. The summed E-state index contributed by atoms with van der Waals surface area (Å²) < 4.78 is 28.2. The molecule has 0 saturated carbocycles. The minimum absolute atomic E-state index is 0.0386. The number of hydrogen-bond donors (Lipinski definition) is 0. The highest BCUT2D eigenvalue weighted by molar-refractivity contribution is 7.86. The topological polar surface area (TPSA) is 57.7 Å². The Bertz CT molecular complexity index is 565. The van der Waals surface area contributed by atoms with Gasteiger partial charge in [-0.2, -0.15) is 17.0 Å². The molecule has 21 heavy (non-hydrogen) atoms. The molecule has 1 aromatic heterocycles. The summed E-state index contributed by atoms with van der Waals surface area (Å²) in [6, 6.07) is 3.44. The number of hydrogen-bond acceptors (Lipinski definition) is 4. The minimum atomic E-state index is -3.45. The molecule has 0 aromatic carbocycles. The average molecular weight is 330 g/mol. The second-order valence-corrected chi connectivity index (χ2v) is 7.93. The van der Waals surface area contributed by atoms with E-state index in [4.69, 9.17) is 0 Å². The van der Waals surface area contributed by atoms with Gasteiger partial charge in [0.05, 0.1) is 4.88 Å². The third kappa shape index (κ3) is 3.53. The number of rotatable bonds is 7. The van der Waals surface area contributed by atoms with Crippen LogP contribution in [0.4, 0.5) is 0 Å². The summed E-state index contributed by atoms with van der Waals surface area (Å²) in [4.78, 5) is 12.9. The fourth-order valence-corrected chi connectivity index (χ4v) is 5.31. The van der Waals surface area contributed by atoms with Gasteiger partial charge < -0.3 is 0 Å². The van der Waals surface area contributed by atoms with Crippen LogP contribution >= 0.6 is 11.3 Å². The van der Waals surface area contributed by atoms with E-state index in [-0.39, 0.29) is 18.2 Å². The Balaban J connectivity index is 2.12. The van der Waals surface area contributed by atoms with Gasteiger partial charge in [-0.3, -0.25) is 4.79 Å². The first-order valence-corrected chi connectivity index (χ1v) is 9.62. The third-order valence-electron chi connectivity index (χ3n) is 3.87. The van der Waals surface area contributed by atoms with Crippen molar-refractivity contribution in [3.8, 4) is 0 Å². The predicted molar refractivity (Wildman–Crippen MR) is 84.8 cm³/mol. The lowest BCUT2D eigenvalue weighted by Crippen LogP contribution is -2.46. The first-order valence-electron chi connectivity index (χ1n) is 7.34. The van der Waals surface area contributed by atoms with Crippen LogP contribution in [0, 0.1) is 0 Å². The van der Waals surface area contributed by atoms with Gasteiger partial charge in [-0.1, -0.05) is 19.9 Å². The van der Waals surface area contributed by atoms with Gasteiger partial charge in [0.1, 0.15) is 0 Å². The Hall–Kier alpha value is -0.760. The molecule has 1 fully saturated rings. The van der Waals surface area contributed by atoms with Crippen LogP contribution in [0.2, 0.25) is 0 Å². The number of carbonyl (C=O) groups excluding carboxylic acids is 1. The molecule has 0 radical (unpaired) electrons. The monoisotopic (exact) mass is 330 g/mol. The van der Waals surface area contributed by atoms with Gasteiger partial charge in [0.15, 0.2) is 5.78 Å². The Morgan fingerprint density at radius 2 is 2.14 bits per heavy atom. The van der Waals surface area contributed by atoms with E-state index < -0.39 is 10.2 Å². The molecule has 1 aromatic rings. The van der Waals surface area contributed by atoms with Crippen molar-refractivity contribution in [2.75, 3.05) is 19.6 Å². The van der Waals surface area contributed by atoms with Crippen molar-refractivity contribution in [2.24, 2.45) is 0 Å². The molecular formula is C14H22N2O3S2. The van der Waals surface area contributed by atoms with Gasteiger partial charge in [-0.25, -0.2) is 0 Å². The van der Waals surface area contributed by atoms with Gasteiger partial charge in [0.2, 0.25) is 0 Å². The molecule has 118 valence electrons. The van der Waals surface area contributed by atoms with Gasteiger partial charge >= 0.3 is 0 Å². The Labute approximate surface area is 130 Å². The largest absolute Gasteiger partial charge is 0.293 e. The Morgan fingerprint density at radius 3 is 2.71 bits per heavy atom. The number of nitrogens with zero attached hydrogens (tertiary/aromatic N) is 2. The van der Waals surface area contributed by atoms with Crippen molar-refractivity contribution in [1.29, 1.82) is 0 Å². The third-order valence-corrected chi connectivity index (χ3v) is 7.02. The number of Topliss-reactive ketones (excluding diaryl/α,β-unsaturated/α-hetero) is 1. The van der Waals surface area contributed by atoms with Crippen molar-refractivity contribution >= 4 is 27.3 Å². The molecule has 5 nitrogen and oxygen atoms in total. The summed E-state index contributed by atoms with van der Waals surface area (Å²) in [6.07, 6.45) is 1.86. The van der Waals surface area contributed by atoms with E-state index in [1.165, 1.54) is 19.9 Å². The molecule has 0 unspecified atom stereocenters. The van der Waals surface area contributed by atoms with Crippen LogP contribution in [0.3, 0.4) is 0 Å². The SMILES string of the molecule is CCN(CC)S(=O)(=O)N1CCC[C@H]1CC(=O)c1cccs1. The molecule has 0 bridgehead atoms. The molecule has 0 N–H and O–H groups in total. The van der Waals surface area contributed by atoms with E-state index in [0.29, 0.717) is 24.5 Å². The first kappa shape index (κ1) is 16.6. The van der Waals surface area contributed by atoms with Crippen molar-refractivity contribution in [2.45, 2.75) is 39.2 Å². The van der Waals surface area contributed by atoms with Crippen LogP contribution in [-0.4, -0.2) is 48.5 Å². The van der Waals surface area contributed by atoms with Crippen LogP contribution in [-0.2, 0) is 10.2 Å². The quantitative estimate of drug-likeness (QED) is 0.721. The highest BCUT2D eigenvalue weighted by Crippen LogP contribution is 2.27. The Kier molecular flexibility index (Phi) is 5.54. The number of carbonyl (C=O) groups is 1. The lowest BCUT2D eigenvalue weighted by Gasteiger charge is -2.29. The minimum Gasteiger partial charge on any atom is -0.293 e. The summed E-state index contributed by atoms with van der Waals surface area (Å²) in [6.45, 7) is 5.11. The molecular weight excluding hydrogens is 308 g/mol. The molecule has 1 aliphatic heterocycles. The summed E-state index contributed by atoms with van der Waals surface area (Å²) >= 11 is 1.41. The lowest BCUT2D eigenvalue weighted by molar-refractivity contribution is 0.0964. The maximum atomic E-state index is 12.6. The standard InChI is InChI=1S/C14H22N2O3S2/c1-3-15(4-2)21(18,19)16-9-5-7-12(16)11-13(17)14-8-6-10-20-14/h6,8,10,12H,3-5,7,9,11H2,1-2H3/t12-/m0/s1. The average Bonchev–Trinajstić information content (AvgIpc) is 3.10. The van der Waals surface area contributed by atoms with Crippen molar-refractivity contribution in [3.63, 3.8) is 0 Å². The summed E-state index contributed by atoms with van der Waals surface area (Å²) in [5, 5.41) is 1.87. The zero-order chi connectivity index (χ0) is 15.5. The van der Waals surface area contributed by atoms with Gasteiger partial charge in [0.25, 0.3) is 10.2 Å². The van der Waals surface area contributed by atoms with Crippen molar-refractivity contribution in [1.82, 2.24) is 8.61 Å². The molecule has 7 heteroatoms. The van der Waals surface area contributed by atoms with Crippen LogP contribution in [0.1, 0.15) is 42.8 Å². The molecule has 1 saturated heterocycles. The zero-order valence-corrected chi connectivity index (χ0v) is 14.1. The second-order valence-electron chi connectivity index (χ2n) is 5.10. The number of ketones is 1. The molecule has 2 heterocycles. The molecule has 1 aliphatic rings. The summed E-state index contributed by atoms with van der Waals surface area (Å²) in [5.74, 6) is 0.0386. The second kappa shape index (κ2) is 7.00. The maximum absolute atomic E-state index is 12.6. The highest BCUT2D eigenvalue weighted by Gasteiger charge is 2.38. The van der Waals surface area contributed by atoms with Crippen LogP contribution in [0.5, 0.6) is 0 Å². The molecule has 2 rings (SSSR count). The van der Waals surface area contributed by atoms with E-state index in [1.54, 1.807) is 6.07 Å². The fourth-order valence-electron chi connectivity index (χ4n) is 2.77. The normalized spacial score (nSPS) is 20.2. The highest BCUT2D eigenvalue weighted by atomic mass is 32.2. The van der Waals surface area contributed by atoms with Crippen LogP contribution in [0.25, 0.3) is 0 Å². The van der Waals surface area contributed by atoms with E-state index in [2.05, 4.69) is 0 Å². The zero-order valence-electron chi connectivity index (χ0n) is 12.5. The fraction of sp³-hybridized carbons (Fsp3) is 0.643. The molecule has 1 atom stereocenters. The first-order chi connectivity index (χ1) is 10.0.